The van der Waals surface area contributed by atoms with Gasteiger partial charge in [0.15, 0.2) is 0 Å². The quantitative estimate of drug-likeness (QED) is 0.798. The molecule has 1 aliphatic carbocycles. The van der Waals surface area contributed by atoms with Crippen molar-refractivity contribution in [3.63, 3.8) is 0 Å². The minimum Gasteiger partial charge on any atom is -0.388 e. The van der Waals surface area contributed by atoms with E-state index in [1.165, 1.54) is 37.0 Å². The van der Waals surface area contributed by atoms with Gasteiger partial charge in [0, 0.05) is 4.90 Å². The van der Waals surface area contributed by atoms with E-state index in [2.05, 4.69) is 37.4 Å². The third-order valence-corrected chi connectivity index (χ3v) is 5.12. The van der Waals surface area contributed by atoms with Crippen molar-refractivity contribution in [2.45, 2.75) is 50.0 Å². The highest BCUT2D eigenvalue weighted by Gasteiger charge is 2.26. The van der Waals surface area contributed by atoms with Crippen molar-refractivity contribution >= 4 is 11.8 Å². The first-order valence-electron chi connectivity index (χ1n) is 7.06. The predicted molar refractivity (Wildman–Crippen MR) is 78.9 cm³/mol. The SMILES string of the molecule is CCC1CCC(C(O)c2ccc(SC)cc2)CC1. The minimum absolute atomic E-state index is 0.265. The van der Waals surface area contributed by atoms with E-state index >= 15 is 0 Å². The zero-order valence-electron chi connectivity index (χ0n) is 11.4. The molecule has 18 heavy (non-hydrogen) atoms. The van der Waals surface area contributed by atoms with Gasteiger partial charge in [0.25, 0.3) is 0 Å². The van der Waals surface area contributed by atoms with Crippen LogP contribution >= 0.6 is 11.8 Å². The first-order chi connectivity index (χ1) is 8.74. The van der Waals surface area contributed by atoms with Gasteiger partial charge in [-0.25, -0.2) is 0 Å². The van der Waals surface area contributed by atoms with Crippen LogP contribution in [0, 0.1) is 11.8 Å². The largest absolute Gasteiger partial charge is 0.388 e. The first kappa shape index (κ1) is 14.0. The van der Waals surface area contributed by atoms with E-state index in [4.69, 9.17) is 0 Å². The summed E-state index contributed by atoms with van der Waals surface area (Å²) in [5.74, 6) is 1.36. The van der Waals surface area contributed by atoms with Crippen molar-refractivity contribution in [2.75, 3.05) is 6.26 Å². The average Bonchev–Trinajstić information content (AvgIpc) is 2.47. The Labute approximate surface area is 115 Å². The van der Waals surface area contributed by atoms with Crippen molar-refractivity contribution in [1.82, 2.24) is 0 Å². The summed E-state index contributed by atoms with van der Waals surface area (Å²) in [7, 11) is 0. The third-order valence-electron chi connectivity index (χ3n) is 4.37. The molecule has 0 radical (unpaired) electrons. The van der Waals surface area contributed by atoms with Crippen LogP contribution in [0.5, 0.6) is 0 Å². The Bertz CT molecular complexity index is 352. The fourth-order valence-electron chi connectivity index (χ4n) is 2.99. The molecule has 0 amide bonds. The molecule has 1 aromatic rings. The second-order valence-electron chi connectivity index (χ2n) is 5.41. The molecule has 0 heterocycles. The van der Waals surface area contributed by atoms with Gasteiger partial charge in [0.05, 0.1) is 6.10 Å². The number of hydrogen-bond donors (Lipinski definition) is 1. The van der Waals surface area contributed by atoms with Gasteiger partial charge in [-0.2, -0.15) is 0 Å². The van der Waals surface area contributed by atoms with Gasteiger partial charge in [0.1, 0.15) is 0 Å². The molecule has 1 nitrogen and oxygen atoms in total. The number of aliphatic hydroxyl groups excluding tert-OH is 1. The number of aliphatic hydroxyl groups is 1. The molecule has 1 saturated carbocycles. The van der Waals surface area contributed by atoms with E-state index in [0.29, 0.717) is 5.92 Å². The van der Waals surface area contributed by atoms with Gasteiger partial charge in [-0.1, -0.05) is 38.3 Å². The summed E-state index contributed by atoms with van der Waals surface area (Å²) in [5.41, 5.74) is 1.09. The highest BCUT2D eigenvalue weighted by molar-refractivity contribution is 7.98. The molecular weight excluding hydrogens is 240 g/mol. The fraction of sp³-hybridized carbons (Fsp3) is 0.625. The molecule has 2 rings (SSSR count). The molecule has 0 spiro atoms. The summed E-state index contributed by atoms with van der Waals surface area (Å²) in [5, 5.41) is 10.5. The van der Waals surface area contributed by atoms with Crippen LogP contribution in [-0.4, -0.2) is 11.4 Å². The Morgan fingerprint density at radius 1 is 1.17 bits per heavy atom. The van der Waals surface area contributed by atoms with Crippen LogP contribution in [0.25, 0.3) is 0 Å². The number of rotatable bonds is 4. The third kappa shape index (κ3) is 3.30. The summed E-state index contributed by atoms with van der Waals surface area (Å²) in [6.45, 7) is 2.28. The van der Waals surface area contributed by atoms with Crippen LogP contribution < -0.4 is 0 Å². The number of thioether (sulfide) groups is 1. The van der Waals surface area contributed by atoms with Crippen molar-refractivity contribution < 1.29 is 5.11 Å². The monoisotopic (exact) mass is 264 g/mol. The zero-order chi connectivity index (χ0) is 13.0. The average molecular weight is 264 g/mol. The molecule has 1 aromatic carbocycles. The predicted octanol–water partition coefficient (Wildman–Crippen LogP) is 4.66. The van der Waals surface area contributed by atoms with E-state index in [1.54, 1.807) is 11.8 Å². The summed E-state index contributed by atoms with van der Waals surface area (Å²) in [6.07, 6.45) is 8.07. The van der Waals surface area contributed by atoms with Crippen molar-refractivity contribution in [3.8, 4) is 0 Å². The Hall–Kier alpha value is -0.470. The Morgan fingerprint density at radius 2 is 1.78 bits per heavy atom. The molecule has 1 fully saturated rings. The van der Waals surface area contributed by atoms with E-state index in [0.717, 1.165) is 11.5 Å². The normalized spacial score (nSPS) is 25.9. The molecule has 0 aliphatic heterocycles. The van der Waals surface area contributed by atoms with Crippen LogP contribution in [0.3, 0.4) is 0 Å². The first-order valence-corrected chi connectivity index (χ1v) is 8.29. The molecular formula is C16H24OS. The molecule has 0 aromatic heterocycles. The summed E-state index contributed by atoms with van der Waals surface area (Å²) in [4.78, 5) is 1.26. The molecule has 2 heteroatoms. The summed E-state index contributed by atoms with van der Waals surface area (Å²) < 4.78 is 0. The standard InChI is InChI=1S/C16H24OS/c1-3-12-4-6-13(7-5-12)16(17)14-8-10-15(18-2)11-9-14/h8-13,16-17H,3-7H2,1-2H3. The lowest BCUT2D eigenvalue weighted by atomic mass is 9.77. The Kier molecular flexibility index (Phi) is 5.13. The van der Waals surface area contributed by atoms with Crippen LogP contribution in [0.1, 0.15) is 50.7 Å². The van der Waals surface area contributed by atoms with Crippen LogP contribution in [0.4, 0.5) is 0 Å². The van der Waals surface area contributed by atoms with Crippen LogP contribution in [0.2, 0.25) is 0 Å². The minimum atomic E-state index is -0.265. The maximum absolute atomic E-state index is 10.5. The summed E-state index contributed by atoms with van der Waals surface area (Å²) in [6, 6.07) is 8.40. The van der Waals surface area contributed by atoms with Gasteiger partial charge in [0.2, 0.25) is 0 Å². The van der Waals surface area contributed by atoms with Crippen LogP contribution in [0.15, 0.2) is 29.2 Å². The van der Waals surface area contributed by atoms with Gasteiger partial charge in [-0.05, 0) is 48.6 Å². The molecule has 1 unspecified atom stereocenters. The molecule has 1 aliphatic rings. The second-order valence-corrected chi connectivity index (χ2v) is 6.29. The highest BCUT2D eigenvalue weighted by atomic mass is 32.2. The fourth-order valence-corrected chi connectivity index (χ4v) is 3.39. The smallest absolute Gasteiger partial charge is 0.0818 e. The highest BCUT2D eigenvalue weighted by Crippen LogP contribution is 2.38. The van der Waals surface area contributed by atoms with Gasteiger partial charge >= 0.3 is 0 Å². The zero-order valence-corrected chi connectivity index (χ0v) is 12.2. The van der Waals surface area contributed by atoms with Gasteiger partial charge in [-0.3, -0.25) is 0 Å². The van der Waals surface area contributed by atoms with E-state index < -0.39 is 0 Å². The lowest BCUT2D eigenvalue weighted by Gasteiger charge is -2.31. The molecule has 1 N–H and O–H groups in total. The number of hydrogen-bond acceptors (Lipinski definition) is 2. The Morgan fingerprint density at radius 3 is 2.28 bits per heavy atom. The van der Waals surface area contributed by atoms with Crippen molar-refractivity contribution in [2.24, 2.45) is 11.8 Å². The van der Waals surface area contributed by atoms with E-state index in [-0.39, 0.29) is 6.10 Å². The molecule has 0 bridgehead atoms. The number of benzene rings is 1. The maximum atomic E-state index is 10.5. The topological polar surface area (TPSA) is 20.2 Å². The van der Waals surface area contributed by atoms with E-state index in [1.807, 2.05) is 0 Å². The lowest BCUT2D eigenvalue weighted by molar-refractivity contribution is 0.0729. The lowest BCUT2D eigenvalue weighted by Crippen LogP contribution is -2.20. The molecule has 0 saturated heterocycles. The Balaban J connectivity index is 1.96. The molecule has 1 atom stereocenters. The van der Waals surface area contributed by atoms with Gasteiger partial charge in [-0.15, -0.1) is 11.8 Å². The van der Waals surface area contributed by atoms with Crippen LogP contribution in [-0.2, 0) is 0 Å². The van der Waals surface area contributed by atoms with Crippen molar-refractivity contribution in [3.05, 3.63) is 29.8 Å². The molecule has 100 valence electrons. The summed E-state index contributed by atoms with van der Waals surface area (Å²) >= 11 is 1.75. The van der Waals surface area contributed by atoms with Gasteiger partial charge < -0.3 is 5.11 Å². The van der Waals surface area contributed by atoms with E-state index in [9.17, 15) is 5.11 Å². The van der Waals surface area contributed by atoms with Crippen molar-refractivity contribution in [1.29, 1.82) is 0 Å². The second kappa shape index (κ2) is 6.63. The maximum Gasteiger partial charge on any atom is 0.0818 e.